The Balaban J connectivity index is 1.78. The maximum atomic E-state index is 13.0. The topological polar surface area (TPSA) is 85.1 Å². The number of rotatable bonds is 8. The van der Waals surface area contributed by atoms with Gasteiger partial charge in [0.05, 0.1) is 10.9 Å². The van der Waals surface area contributed by atoms with E-state index in [1.54, 1.807) is 4.57 Å². The summed E-state index contributed by atoms with van der Waals surface area (Å²) >= 11 is 0. The van der Waals surface area contributed by atoms with Crippen molar-refractivity contribution in [2.75, 3.05) is 12.0 Å². The van der Waals surface area contributed by atoms with E-state index in [0.29, 0.717) is 23.4 Å². The van der Waals surface area contributed by atoms with Crippen LogP contribution in [-0.2, 0) is 17.8 Å². The number of carbonyl (C=O) groups is 1. The molecule has 1 heterocycles. The first-order valence-corrected chi connectivity index (χ1v) is 10.3. The number of aromatic nitrogens is 2. The van der Waals surface area contributed by atoms with Crippen LogP contribution in [0.5, 0.6) is 0 Å². The fourth-order valence-electron chi connectivity index (χ4n) is 3.69. The lowest BCUT2D eigenvalue weighted by atomic mass is 10.0. The van der Waals surface area contributed by atoms with Gasteiger partial charge in [-0.15, -0.1) is 0 Å². The summed E-state index contributed by atoms with van der Waals surface area (Å²) in [6, 6.07) is 3.82. The second kappa shape index (κ2) is 7.30. The van der Waals surface area contributed by atoms with Gasteiger partial charge in [0, 0.05) is 12.1 Å². The van der Waals surface area contributed by atoms with E-state index in [9.17, 15) is 14.4 Å². The summed E-state index contributed by atoms with van der Waals surface area (Å²) in [7, 11) is 0. The lowest BCUT2D eigenvalue weighted by molar-refractivity contribution is -0.112. The van der Waals surface area contributed by atoms with E-state index >= 15 is 0 Å². The Morgan fingerprint density at radius 1 is 1.31 bits per heavy atom. The van der Waals surface area contributed by atoms with Crippen molar-refractivity contribution in [1.82, 2.24) is 14.6 Å². The number of carbonyl (C=O) groups excluding carboxylic acids is 1. The standard InChI is InChI=1S/C22H28N4O3/c1-4-19(27)24-26-20(28)17-12-16(7-10-23-22(3)8-9-22)14(2)11-18(17)25(21(26)29)13-15-5-6-15/h4,11-12,15,23H,1,5-10,13H2,2-3H3,(H,24,27). The maximum Gasteiger partial charge on any atom is 0.350 e. The van der Waals surface area contributed by atoms with Gasteiger partial charge in [0.2, 0.25) is 0 Å². The summed E-state index contributed by atoms with van der Waals surface area (Å²) in [5, 5.41) is 4.02. The van der Waals surface area contributed by atoms with E-state index in [1.807, 2.05) is 19.1 Å². The molecule has 2 fully saturated rings. The van der Waals surface area contributed by atoms with Gasteiger partial charge < -0.3 is 5.32 Å². The number of benzene rings is 1. The highest BCUT2D eigenvalue weighted by Gasteiger charge is 2.36. The third-order valence-electron chi connectivity index (χ3n) is 6.09. The number of hydrogen-bond acceptors (Lipinski definition) is 4. The summed E-state index contributed by atoms with van der Waals surface area (Å²) in [6.45, 7) is 9.03. The molecule has 0 bridgehead atoms. The van der Waals surface area contributed by atoms with E-state index in [4.69, 9.17) is 0 Å². The predicted octanol–water partition coefficient (Wildman–Crippen LogP) is 1.82. The third kappa shape index (κ3) is 4.05. The smallest absolute Gasteiger partial charge is 0.311 e. The number of aryl methyl sites for hydroxylation is 1. The SMILES string of the molecule is C=CC(=O)Nn1c(=O)c2cc(CCNC3(C)CC3)c(C)cc2n(CC2CC2)c1=O. The van der Waals surface area contributed by atoms with Crippen LogP contribution >= 0.6 is 0 Å². The van der Waals surface area contributed by atoms with Crippen LogP contribution in [0.3, 0.4) is 0 Å². The minimum Gasteiger partial charge on any atom is -0.311 e. The van der Waals surface area contributed by atoms with Crippen LogP contribution in [0.1, 0.15) is 43.7 Å². The maximum absolute atomic E-state index is 13.0. The number of amides is 1. The molecule has 2 aliphatic rings. The van der Waals surface area contributed by atoms with Crippen LogP contribution in [0.4, 0.5) is 0 Å². The predicted molar refractivity (Wildman–Crippen MR) is 114 cm³/mol. The molecule has 7 heteroatoms. The molecular formula is C22H28N4O3. The molecular weight excluding hydrogens is 368 g/mol. The Kier molecular flexibility index (Phi) is 4.94. The number of fused-ring (bicyclic) bond motifs is 1. The van der Waals surface area contributed by atoms with E-state index < -0.39 is 17.2 Å². The molecule has 0 atom stereocenters. The van der Waals surface area contributed by atoms with E-state index in [1.165, 1.54) is 12.8 Å². The second-order valence-corrected chi connectivity index (χ2v) is 8.69. The molecule has 1 aromatic carbocycles. The van der Waals surface area contributed by atoms with Crippen molar-refractivity contribution in [1.29, 1.82) is 0 Å². The van der Waals surface area contributed by atoms with Crippen molar-refractivity contribution < 1.29 is 4.79 Å². The van der Waals surface area contributed by atoms with Crippen molar-refractivity contribution in [3.05, 3.63) is 56.8 Å². The van der Waals surface area contributed by atoms with Gasteiger partial charge in [0.15, 0.2) is 0 Å². The van der Waals surface area contributed by atoms with Gasteiger partial charge in [-0.1, -0.05) is 6.58 Å². The zero-order valence-electron chi connectivity index (χ0n) is 17.1. The summed E-state index contributed by atoms with van der Waals surface area (Å²) in [5.41, 5.74) is 4.38. The Hall–Kier alpha value is -2.67. The van der Waals surface area contributed by atoms with Gasteiger partial charge in [-0.25, -0.2) is 4.79 Å². The molecule has 1 amide bonds. The molecule has 7 nitrogen and oxygen atoms in total. The highest BCUT2D eigenvalue weighted by Crippen LogP contribution is 2.34. The average Bonchev–Trinajstić information content (AvgIpc) is 3.62. The van der Waals surface area contributed by atoms with Crippen molar-refractivity contribution in [2.24, 2.45) is 5.92 Å². The monoisotopic (exact) mass is 396 g/mol. The number of hydrogen-bond donors (Lipinski definition) is 2. The van der Waals surface area contributed by atoms with Gasteiger partial charge in [-0.05, 0) is 87.7 Å². The van der Waals surface area contributed by atoms with Crippen LogP contribution in [0.25, 0.3) is 10.9 Å². The molecule has 0 radical (unpaired) electrons. The molecule has 2 aliphatic carbocycles. The first-order valence-electron chi connectivity index (χ1n) is 10.3. The van der Waals surface area contributed by atoms with Crippen LogP contribution in [-0.4, -0.2) is 27.2 Å². The minimum absolute atomic E-state index is 0.261. The molecule has 2 N–H and O–H groups in total. The summed E-state index contributed by atoms with van der Waals surface area (Å²) in [4.78, 5) is 37.8. The normalized spacial score (nSPS) is 17.3. The van der Waals surface area contributed by atoms with E-state index in [-0.39, 0.29) is 5.54 Å². The van der Waals surface area contributed by atoms with Gasteiger partial charge in [0.25, 0.3) is 11.5 Å². The van der Waals surface area contributed by atoms with Gasteiger partial charge in [-0.3, -0.25) is 19.6 Å². The van der Waals surface area contributed by atoms with Crippen molar-refractivity contribution >= 4 is 16.8 Å². The van der Waals surface area contributed by atoms with Crippen LogP contribution in [0.15, 0.2) is 34.4 Å². The summed E-state index contributed by atoms with van der Waals surface area (Å²) < 4.78 is 2.44. The highest BCUT2D eigenvalue weighted by atomic mass is 16.2. The quantitative estimate of drug-likeness (QED) is 0.667. The Bertz CT molecular complexity index is 1100. The lowest BCUT2D eigenvalue weighted by Crippen LogP contribution is -2.46. The molecule has 0 aliphatic heterocycles. The van der Waals surface area contributed by atoms with Gasteiger partial charge >= 0.3 is 5.69 Å². The van der Waals surface area contributed by atoms with Crippen LogP contribution in [0, 0.1) is 12.8 Å². The molecule has 2 aromatic rings. The van der Waals surface area contributed by atoms with E-state index in [2.05, 4.69) is 24.2 Å². The first kappa shape index (κ1) is 19.6. The molecule has 4 rings (SSSR count). The van der Waals surface area contributed by atoms with Crippen LogP contribution in [0.2, 0.25) is 0 Å². The van der Waals surface area contributed by atoms with Crippen molar-refractivity contribution in [2.45, 2.75) is 58.0 Å². The highest BCUT2D eigenvalue weighted by molar-refractivity contribution is 5.93. The number of nitrogens with one attached hydrogen (secondary N) is 2. The molecule has 0 spiro atoms. The first-order chi connectivity index (χ1) is 13.8. The number of nitrogens with zero attached hydrogens (tertiary/aromatic N) is 2. The molecule has 0 unspecified atom stereocenters. The third-order valence-corrected chi connectivity index (χ3v) is 6.09. The molecule has 29 heavy (non-hydrogen) atoms. The Labute approximate surface area is 169 Å². The molecule has 154 valence electrons. The summed E-state index contributed by atoms with van der Waals surface area (Å²) in [5.74, 6) is -0.142. The summed E-state index contributed by atoms with van der Waals surface area (Å²) in [6.07, 6.45) is 6.40. The minimum atomic E-state index is -0.587. The molecule has 0 saturated heterocycles. The lowest BCUT2D eigenvalue weighted by Gasteiger charge is -2.17. The zero-order valence-corrected chi connectivity index (χ0v) is 17.1. The average molecular weight is 396 g/mol. The van der Waals surface area contributed by atoms with Crippen molar-refractivity contribution in [3.8, 4) is 0 Å². The second-order valence-electron chi connectivity index (χ2n) is 8.69. The Morgan fingerprint density at radius 3 is 2.66 bits per heavy atom. The zero-order chi connectivity index (χ0) is 20.8. The fraction of sp³-hybridized carbons (Fsp3) is 0.500. The Morgan fingerprint density at radius 2 is 2.03 bits per heavy atom. The van der Waals surface area contributed by atoms with Crippen LogP contribution < -0.4 is 22.0 Å². The fourth-order valence-corrected chi connectivity index (χ4v) is 3.69. The molecule has 1 aromatic heterocycles. The van der Waals surface area contributed by atoms with Crippen molar-refractivity contribution in [3.63, 3.8) is 0 Å². The molecule has 2 saturated carbocycles. The van der Waals surface area contributed by atoms with Gasteiger partial charge in [-0.2, -0.15) is 4.68 Å². The largest absolute Gasteiger partial charge is 0.350 e. The van der Waals surface area contributed by atoms with E-state index in [0.717, 1.165) is 47.7 Å². The van der Waals surface area contributed by atoms with Gasteiger partial charge in [0.1, 0.15) is 0 Å².